The van der Waals surface area contributed by atoms with Crippen LogP contribution in [0.2, 0.25) is 0 Å². The third-order valence-electron chi connectivity index (χ3n) is 13.5. The molecule has 1 radical (unpaired) electrons. The number of para-hydroxylation sites is 1. The predicted octanol–water partition coefficient (Wildman–Crippen LogP) is 15.8. The molecule has 1 aliphatic carbocycles. The predicted molar refractivity (Wildman–Crippen MR) is 245 cm³/mol. The van der Waals surface area contributed by atoms with Crippen LogP contribution in [0.4, 0.5) is 22.7 Å². The molecular weight excluding hydrogens is 689 g/mol. The zero-order valence-electron chi connectivity index (χ0n) is 35.9. The molecule has 1 heterocycles. The van der Waals surface area contributed by atoms with Crippen LogP contribution in [-0.2, 0) is 5.41 Å². The van der Waals surface area contributed by atoms with Crippen molar-refractivity contribution in [3.8, 4) is 22.3 Å². The molecule has 0 saturated carbocycles. The quantitative estimate of drug-likeness (QED) is 0.138. The lowest BCUT2D eigenvalue weighted by atomic mass is 9.71. The van der Waals surface area contributed by atoms with Crippen molar-refractivity contribution < 1.29 is 0 Å². The minimum absolute atomic E-state index is 0.0456. The van der Waals surface area contributed by atoms with Crippen molar-refractivity contribution in [2.75, 3.05) is 9.80 Å². The number of nitrogens with zero attached hydrogens (tertiary/aromatic N) is 2. The molecule has 0 amide bonds. The number of rotatable bonds is 10. The molecule has 0 spiro atoms. The fourth-order valence-electron chi connectivity index (χ4n) is 10.5. The van der Waals surface area contributed by atoms with E-state index in [1.165, 1.54) is 67.5 Å². The molecule has 8 rings (SSSR count). The Morgan fingerprint density at radius 1 is 0.526 bits per heavy atom. The second-order valence-corrected chi connectivity index (χ2v) is 18.5. The molecule has 57 heavy (non-hydrogen) atoms. The van der Waals surface area contributed by atoms with E-state index in [1.54, 1.807) is 0 Å². The molecule has 2 nitrogen and oxygen atoms in total. The molecule has 0 N–H and O–H groups in total. The third kappa shape index (κ3) is 6.50. The van der Waals surface area contributed by atoms with Gasteiger partial charge in [0.1, 0.15) is 0 Å². The number of hydrogen-bond donors (Lipinski definition) is 0. The molecule has 1 aliphatic heterocycles. The highest BCUT2D eigenvalue weighted by Gasteiger charge is 2.56. The first-order valence-corrected chi connectivity index (χ1v) is 21.4. The van der Waals surface area contributed by atoms with Crippen molar-refractivity contribution >= 4 is 22.7 Å². The SMILES string of the molecule is CCC1(CC)CC(C)(C)N(c2c(C(C)C)cccc2C(C)C)[C]1c1ccc(N(c2ccc(-c3ccccc3)cc2)c2ccc3c(c2)C(C)(C)c2ccccc2-3)cc1. The van der Waals surface area contributed by atoms with E-state index in [0.717, 1.165) is 30.6 Å². The van der Waals surface area contributed by atoms with E-state index in [2.05, 4.69) is 219 Å². The average molecular weight is 750 g/mol. The normalized spacial score (nSPS) is 16.6. The Hall–Kier alpha value is -5.08. The van der Waals surface area contributed by atoms with Crippen LogP contribution in [0.3, 0.4) is 0 Å². The van der Waals surface area contributed by atoms with E-state index in [4.69, 9.17) is 0 Å². The summed E-state index contributed by atoms with van der Waals surface area (Å²) in [7, 11) is 0. The van der Waals surface area contributed by atoms with Gasteiger partial charge in [-0.05, 0) is 131 Å². The van der Waals surface area contributed by atoms with Gasteiger partial charge in [-0.2, -0.15) is 0 Å². The summed E-state index contributed by atoms with van der Waals surface area (Å²) >= 11 is 0. The Morgan fingerprint density at radius 2 is 1.04 bits per heavy atom. The summed E-state index contributed by atoms with van der Waals surface area (Å²) in [6.07, 6.45) is 3.34. The Bertz CT molecular complexity index is 2330. The maximum absolute atomic E-state index is 2.79. The highest BCUT2D eigenvalue weighted by Crippen LogP contribution is 2.61. The number of hydrogen-bond acceptors (Lipinski definition) is 2. The van der Waals surface area contributed by atoms with Crippen molar-refractivity contribution in [2.45, 2.75) is 111 Å². The Morgan fingerprint density at radius 3 is 1.61 bits per heavy atom. The Kier molecular flexibility index (Phi) is 10.00. The second-order valence-electron chi connectivity index (χ2n) is 18.5. The van der Waals surface area contributed by atoms with Gasteiger partial charge >= 0.3 is 0 Å². The van der Waals surface area contributed by atoms with E-state index in [-0.39, 0.29) is 16.4 Å². The first-order valence-electron chi connectivity index (χ1n) is 21.4. The van der Waals surface area contributed by atoms with Gasteiger partial charge in [-0.1, -0.05) is 159 Å². The summed E-state index contributed by atoms with van der Waals surface area (Å²) in [5, 5.41) is 0. The van der Waals surface area contributed by atoms with Gasteiger partial charge in [0.2, 0.25) is 0 Å². The minimum atomic E-state index is -0.0885. The van der Waals surface area contributed by atoms with Crippen molar-refractivity contribution in [2.24, 2.45) is 5.41 Å². The van der Waals surface area contributed by atoms with Crippen molar-refractivity contribution in [3.05, 3.63) is 173 Å². The molecule has 1 fully saturated rings. The minimum Gasteiger partial charge on any atom is -0.353 e. The standard InChI is InChI=1S/C55H61N2/c1-11-55(12-2)36-53(7,8)57(51-45(37(3)4)22-18-23-46(51)38(5)6)52(55)41-27-31-43(32-28-41)56(42-29-25-40(26-30-42)39-19-14-13-15-20-39)44-33-34-48-47-21-16-17-24-49(47)54(9,10)50(48)35-44/h13-35,37-38H,11-12,36H2,1-10H3. The average Bonchev–Trinajstić information content (AvgIpc) is 3.61. The van der Waals surface area contributed by atoms with Gasteiger partial charge in [-0.25, -0.2) is 0 Å². The highest BCUT2D eigenvalue weighted by molar-refractivity contribution is 5.86. The van der Waals surface area contributed by atoms with E-state index >= 15 is 0 Å². The van der Waals surface area contributed by atoms with Gasteiger partial charge in [0.15, 0.2) is 0 Å². The Balaban J connectivity index is 1.27. The molecular formula is C55H61N2. The zero-order valence-corrected chi connectivity index (χ0v) is 35.9. The van der Waals surface area contributed by atoms with Gasteiger partial charge in [0.25, 0.3) is 0 Å². The fourth-order valence-corrected chi connectivity index (χ4v) is 10.5. The summed E-state index contributed by atoms with van der Waals surface area (Å²) in [5.74, 6) is 0.839. The van der Waals surface area contributed by atoms with E-state index in [0.29, 0.717) is 11.8 Å². The second kappa shape index (κ2) is 14.7. The molecule has 2 heteroatoms. The summed E-state index contributed by atoms with van der Waals surface area (Å²) < 4.78 is 0. The molecule has 6 aromatic carbocycles. The van der Waals surface area contributed by atoms with Crippen LogP contribution in [0.25, 0.3) is 22.3 Å². The van der Waals surface area contributed by atoms with Gasteiger partial charge in [-0.3, -0.25) is 0 Å². The van der Waals surface area contributed by atoms with Gasteiger partial charge < -0.3 is 9.80 Å². The first-order chi connectivity index (χ1) is 27.3. The monoisotopic (exact) mass is 749 g/mol. The summed E-state index contributed by atoms with van der Waals surface area (Å²) in [5.41, 5.74) is 17.0. The highest BCUT2D eigenvalue weighted by atomic mass is 15.3. The van der Waals surface area contributed by atoms with E-state index in [9.17, 15) is 0 Å². The van der Waals surface area contributed by atoms with Crippen LogP contribution < -0.4 is 9.80 Å². The van der Waals surface area contributed by atoms with E-state index in [1.807, 2.05) is 0 Å². The maximum Gasteiger partial charge on any atom is 0.0994 e. The van der Waals surface area contributed by atoms with Crippen LogP contribution in [-0.4, -0.2) is 5.54 Å². The molecule has 0 aromatic heterocycles. The zero-order chi connectivity index (χ0) is 40.3. The van der Waals surface area contributed by atoms with Crippen molar-refractivity contribution in [1.82, 2.24) is 0 Å². The number of benzene rings is 6. The van der Waals surface area contributed by atoms with Crippen molar-refractivity contribution in [3.63, 3.8) is 0 Å². The Labute approximate surface area is 343 Å². The summed E-state index contributed by atoms with van der Waals surface area (Å²) in [4.78, 5) is 5.25. The van der Waals surface area contributed by atoms with Crippen LogP contribution in [0.1, 0.15) is 128 Å². The number of anilines is 4. The lowest BCUT2D eigenvalue weighted by Gasteiger charge is -2.43. The lowest BCUT2D eigenvalue weighted by molar-refractivity contribution is 0.284. The van der Waals surface area contributed by atoms with Gasteiger partial charge in [0, 0.05) is 39.1 Å². The van der Waals surface area contributed by atoms with Gasteiger partial charge in [-0.15, -0.1) is 0 Å². The largest absolute Gasteiger partial charge is 0.353 e. The van der Waals surface area contributed by atoms with E-state index < -0.39 is 0 Å². The molecule has 2 aliphatic rings. The molecule has 0 atom stereocenters. The maximum atomic E-state index is 2.79. The van der Waals surface area contributed by atoms with Crippen molar-refractivity contribution in [1.29, 1.82) is 0 Å². The van der Waals surface area contributed by atoms with Crippen LogP contribution in [0.15, 0.2) is 140 Å². The smallest absolute Gasteiger partial charge is 0.0994 e. The fraction of sp³-hybridized carbons (Fsp3) is 0.327. The molecule has 0 bridgehead atoms. The molecule has 1 saturated heterocycles. The first kappa shape index (κ1) is 38.8. The van der Waals surface area contributed by atoms with Crippen LogP contribution in [0, 0.1) is 11.5 Å². The van der Waals surface area contributed by atoms with Crippen LogP contribution in [0.5, 0.6) is 0 Å². The topological polar surface area (TPSA) is 6.48 Å². The lowest BCUT2D eigenvalue weighted by Crippen LogP contribution is -2.42. The molecule has 0 unspecified atom stereocenters. The molecule has 6 aromatic rings. The van der Waals surface area contributed by atoms with Crippen LogP contribution >= 0.6 is 0 Å². The van der Waals surface area contributed by atoms with Gasteiger partial charge in [0.05, 0.1) is 6.04 Å². The molecule has 291 valence electrons. The summed E-state index contributed by atoms with van der Waals surface area (Å²) in [6, 6.07) is 53.9. The summed E-state index contributed by atoms with van der Waals surface area (Å²) in [6.45, 7) is 23.9. The number of fused-ring (bicyclic) bond motifs is 3. The third-order valence-corrected chi connectivity index (χ3v) is 13.5.